The molecule has 0 unspecified atom stereocenters. The molecule has 5 heteroatoms. The first-order chi connectivity index (χ1) is 12.6. The largest absolute Gasteiger partial charge is 0.488 e. The van der Waals surface area contributed by atoms with E-state index in [1.807, 2.05) is 67.3 Å². The minimum absolute atomic E-state index is 0.485. The SMILES string of the molecule is CN(C)C/C=C(\c1ccccc1OCc1ccc(Cl)cc1)n1ccnc1. The number of hydrogen-bond acceptors (Lipinski definition) is 3. The van der Waals surface area contributed by atoms with Crippen LogP contribution in [-0.2, 0) is 6.61 Å². The highest BCUT2D eigenvalue weighted by Crippen LogP contribution is 2.28. The maximum absolute atomic E-state index is 6.12. The number of halogens is 1. The Bertz CT molecular complexity index is 855. The lowest BCUT2D eigenvalue weighted by molar-refractivity contribution is 0.305. The average molecular weight is 368 g/mol. The molecule has 0 radical (unpaired) electrons. The van der Waals surface area contributed by atoms with Crippen molar-refractivity contribution in [3.63, 3.8) is 0 Å². The second-order valence-corrected chi connectivity index (χ2v) is 6.67. The van der Waals surface area contributed by atoms with Gasteiger partial charge in [-0.15, -0.1) is 0 Å². The topological polar surface area (TPSA) is 30.3 Å². The Labute approximate surface area is 159 Å². The molecule has 4 nitrogen and oxygen atoms in total. The number of ether oxygens (including phenoxy) is 1. The average Bonchev–Trinajstić information content (AvgIpc) is 3.16. The molecule has 3 aromatic rings. The van der Waals surface area contributed by atoms with Crippen LogP contribution in [-0.4, -0.2) is 35.1 Å². The van der Waals surface area contributed by atoms with E-state index in [4.69, 9.17) is 16.3 Å². The minimum atomic E-state index is 0.485. The monoisotopic (exact) mass is 367 g/mol. The minimum Gasteiger partial charge on any atom is -0.488 e. The van der Waals surface area contributed by atoms with Crippen LogP contribution in [0.3, 0.4) is 0 Å². The maximum atomic E-state index is 6.12. The summed E-state index contributed by atoms with van der Waals surface area (Å²) >= 11 is 5.95. The summed E-state index contributed by atoms with van der Waals surface area (Å²) < 4.78 is 8.13. The Kier molecular flexibility index (Phi) is 6.10. The zero-order valence-electron chi connectivity index (χ0n) is 15.0. The molecule has 0 amide bonds. The van der Waals surface area contributed by atoms with Gasteiger partial charge < -0.3 is 14.2 Å². The number of imidazole rings is 1. The molecule has 26 heavy (non-hydrogen) atoms. The summed E-state index contributed by atoms with van der Waals surface area (Å²) in [6.45, 7) is 1.30. The molecule has 0 saturated carbocycles. The van der Waals surface area contributed by atoms with Crippen molar-refractivity contribution in [1.29, 1.82) is 0 Å². The lowest BCUT2D eigenvalue weighted by atomic mass is 10.1. The van der Waals surface area contributed by atoms with E-state index in [0.717, 1.165) is 34.1 Å². The van der Waals surface area contributed by atoms with Crippen molar-refractivity contribution in [1.82, 2.24) is 14.5 Å². The van der Waals surface area contributed by atoms with Crippen molar-refractivity contribution >= 4 is 17.3 Å². The summed E-state index contributed by atoms with van der Waals surface area (Å²) in [6.07, 6.45) is 7.70. The first-order valence-electron chi connectivity index (χ1n) is 8.43. The molecular formula is C21H22ClN3O. The quantitative estimate of drug-likeness (QED) is 0.613. The molecule has 0 spiro atoms. The highest BCUT2D eigenvalue weighted by atomic mass is 35.5. The molecule has 0 aliphatic heterocycles. The molecule has 3 rings (SSSR count). The first kappa shape index (κ1) is 18.2. The summed E-state index contributed by atoms with van der Waals surface area (Å²) in [5, 5.41) is 0.725. The van der Waals surface area contributed by atoms with E-state index in [2.05, 4.69) is 22.0 Å². The molecule has 0 aliphatic rings. The Morgan fingerprint density at radius 2 is 1.92 bits per heavy atom. The highest BCUT2D eigenvalue weighted by molar-refractivity contribution is 6.30. The zero-order chi connectivity index (χ0) is 18.4. The number of para-hydroxylation sites is 1. The number of nitrogens with zero attached hydrogens (tertiary/aromatic N) is 3. The van der Waals surface area contributed by atoms with E-state index < -0.39 is 0 Å². The van der Waals surface area contributed by atoms with Crippen molar-refractivity contribution in [2.24, 2.45) is 0 Å². The Balaban J connectivity index is 1.88. The van der Waals surface area contributed by atoms with Gasteiger partial charge in [0.15, 0.2) is 0 Å². The number of rotatable bonds is 7. The molecule has 0 saturated heterocycles. The highest BCUT2D eigenvalue weighted by Gasteiger charge is 2.11. The van der Waals surface area contributed by atoms with Gasteiger partial charge >= 0.3 is 0 Å². The smallest absolute Gasteiger partial charge is 0.129 e. The normalized spacial score (nSPS) is 11.8. The number of likely N-dealkylation sites (N-methyl/N-ethyl adjacent to an activating group) is 1. The van der Waals surface area contributed by atoms with Crippen molar-refractivity contribution in [3.05, 3.63) is 89.5 Å². The summed E-state index contributed by atoms with van der Waals surface area (Å²) in [4.78, 5) is 6.30. The van der Waals surface area contributed by atoms with Crippen LogP contribution in [0, 0.1) is 0 Å². The lowest BCUT2D eigenvalue weighted by Gasteiger charge is -2.16. The first-order valence-corrected chi connectivity index (χ1v) is 8.81. The predicted molar refractivity (Wildman–Crippen MR) is 106 cm³/mol. The van der Waals surface area contributed by atoms with Gasteiger partial charge in [-0.1, -0.05) is 35.9 Å². The van der Waals surface area contributed by atoms with Gasteiger partial charge in [0.1, 0.15) is 12.4 Å². The van der Waals surface area contributed by atoms with Crippen molar-refractivity contribution in [3.8, 4) is 5.75 Å². The van der Waals surface area contributed by atoms with E-state index in [1.54, 1.807) is 12.5 Å². The molecule has 0 bridgehead atoms. The van der Waals surface area contributed by atoms with Crippen LogP contribution in [0.4, 0.5) is 0 Å². The van der Waals surface area contributed by atoms with Gasteiger partial charge in [0, 0.05) is 29.5 Å². The van der Waals surface area contributed by atoms with Gasteiger partial charge in [-0.05, 0) is 50.0 Å². The third kappa shape index (κ3) is 4.75. The van der Waals surface area contributed by atoms with E-state index in [1.165, 1.54) is 0 Å². The lowest BCUT2D eigenvalue weighted by Crippen LogP contribution is -2.12. The van der Waals surface area contributed by atoms with E-state index >= 15 is 0 Å². The molecule has 0 N–H and O–H groups in total. The summed E-state index contributed by atoms with van der Waals surface area (Å²) in [5.74, 6) is 0.834. The van der Waals surface area contributed by atoms with Crippen LogP contribution in [0.1, 0.15) is 11.1 Å². The molecule has 1 heterocycles. The van der Waals surface area contributed by atoms with Crippen LogP contribution in [0.15, 0.2) is 73.3 Å². The fourth-order valence-electron chi connectivity index (χ4n) is 2.57. The van der Waals surface area contributed by atoms with Crippen molar-refractivity contribution in [2.45, 2.75) is 6.61 Å². The summed E-state index contributed by atoms with van der Waals surface area (Å²) in [6, 6.07) is 15.8. The van der Waals surface area contributed by atoms with Crippen LogP contribution in [0.2, 0.25) is 5.02 Å². The third-order valence-electron chi connectivity index (χ3n) is 3.90. The molecule has 0 fully saturated rings. The number of benzene rings is 2. The Morgan fingerprint density at radius 3 is 2.62 bits per heavy atom. The van der Waals surface area contributed by atoms with Crippen LogP contribution < -0.4 is 4.74 Å². The Hall–Kier alpha value is -2.56. The van der Waals surface area contributed by atoms with Crippen molar-refractivity contribution in [2.75, 3.05) is 20.6 Å². The van der Waals surface area contributed by atoms with Gasteiger partial charge in [0.05, 0.1) is 12.0 Å². The zero-order valence-corrected chi connectivity index (χ0v) is 15.7. The van der Waals surface area contributed by atoms with Gasteiger partial charge in [-0.2, -0.15) is 0 Å². The number of hydrogen-bond donors (Lipinski definition) is 0. The van der Waals surface area contributed by atoms with Gasteiger partial charge in [-0.3, -0.25) is 0 Å². The summed E-state index contributed by atoms with van der Waals surface area (Å²) in [5.41, 5.74) is 3.15. The van der Waals surface area contributed by atoms with Crippen LogP contribution in [0.5, 0.6) is 5.75 Å². The van der Waals surface area contributed by atoms with Gasteiger partial charge in [0.2, 0.25) is 0 Å². The third-order valence-corrected chi connectivity index (χ3v) is 4.15. The second kappa shape index (κ2) is 8.70. The molecule has 134 valence electrons. The molecule has 0 atom stereocenters. The maximum Gasteiger partial charge on any atom is 0.129 e. The van der Waals surface area contributed by atoms with E-state index in [-0.39, 0.29) is 0 Å². The van der Waals surface area contributed by atoms with Crippen LogP contribution in [0.25, 0.3) is 5.70 Å². The fourth-order valence-corrected chi connectivity index (χ4v) is 2.70. The summed E-state index contributed by atoms with van der Waals surface area (Å²) in [7, 11) is 4.09. The van der Waals surface area contributed by atoms with Crippen molar-refractivity contribution < 1.29 is 4.74 Å². The fraction of sp³-hybridized carbons (Fsp3) is 0.190. The molecule has 2 aromatic carbocycles. The molecular weight excluding hydrogens is 346 g/mol. The Morgan fingerprint density at radius 1 is 1.15 bits per heavy atom. The second-order valence-electron chi connectivity index (χ2n) is 6.23. The van der Waals surface area contributed by atoms with E-state index in [9.17, 15) is 0 Å². The van der Waals surface area contributed by atoms with E-state index in [0.29, 0.717) is 6.61 Å². The van der Waals surface area contributed by atoms with Gasteiger partial charge in [-0.25, -0.2) is 4.98 Å². The predicted octanol–water partition coefficient (Wildman–Crippen LogP) is 4.57. The number of aromatic nitrogens is 2. The standard InChI is InChI=1S/C21H22ClN3O/c1-24(2)13-11-20(25-14-12-23-16-25)19-5-3-4-6-21(19)26-15-17-7-9-18(22)10-8-17/h3-12,14,16H,13,15H2,1-2H3/b20-11+. The molecule has 1 aromatic heterocycles. The van der Waals surface area contributed by atoms with Crippen LogP contribution >= 0.6 is 11.6 Å². The van der Waals surface area contributed by atoms with Gasteiger partial charge in [0.25, 0.3) is 0 Å². The molecule has 0 aliphatic carbocycles.